The molecular formula is C8H8ClN3O5S. The van der Waals surface area contributed by atoms with Crippen molar-refractivity contribution in [3.05, 3.63) is 28.3 Å². The Bertz CT molecular complexity index is 613. The highest BCUT2D eigenvalue weighted by Crippen LogP contribution is 2.28. The quantitative estimate of drug-likeness (QED) is 0.213. The Hall–Kier alpha value is -1.71. The minimum absolute atomic E-state index is 0.0190. The van der Waals surface area contributed by atoms with Crippen LogP contribution in [0.15, 0.2) is 28.1 Å². The third kappa shape index (κ3) is 3.39. The average molecular weight is 294 g/mol. The molecule has 0 aromatic heterocycles. The van der Waals surface area contributed by atoms with Crippen LogP contribution in [0.1, 0.15) is 0 Å². The first kappa shape index (κ1) is 14.4. The summed E-state index contributed by atoms with van der Waals surface area (Å²) in [5.74, 6) is -0.0565. The number of hydrogen-bond acceptors (Lipinski definition) is 5. The standard InChI is InChI=1S/C8H8ClN3O5S/c9-4-8(10)11-5-1-2-7(18(15,16)17)6(3-5)12(13)14/h1-3H,4H2,(H2,10,11)(H,15,16,17). The zero-order chi connectivity index (χ0) is 13.9. The van der Waals surface area contributed by atoms with Crippen molar-refractivity contribution in [3.8, 4) is 0 Å². The Morgan fingerprint density at radius 2 is 2.17 bits per heavy atom. The van der Waals surface area contributed by atoms with Gasteiger partial charge in [0.2, 0.25) is 0 Å². The molecule has 0 saturated heterocycles. The third-order valence-corrected chi connectivity index (χ3v) is 3.00. The largest absolute Gasteiger partial charge is 0.386 e. The zero-order valence-corrected chi connectivity index (χ0v) is 10.3. The van der Waals surface area contributed by atoms with Crippen molar-refractivity contribution in [2.75, 3.05) is 5.88 Å². The number of benzene rings is 1. The molecule has 1 aromatic carbocycles. The average Bonchev–Trinajstić information content (AvgIpc) is 2.27. The smallest absolute Gasteiger partial charge is 0.301 e. The number of nitrogens with two attached hydrogens (primary N) is 1. The maximum absolute atomic E-state index is 10.9. The lowest BCUT2D eigenvalue weighted by Gasteiger charge is -2.01. The van der Waals surface area contributed by atoms with Gasteiger partial charge in [-0.15, -0.1) is 11.6 Å². The minimum Gasteiger partial charge on any atom is -0.386 e. The summed E-state index contributed by atoms with van der Waals surface area (Å²) in [6, 6.07) is 2.91. The van der Waals surface area contributed by atoms with Gasteiger partial charge in [0, 0.05) is 6.07 Å². The van der Waals surface area contributed by atoms with Crippen LogP contribution in [0.3, 0.4) is 0 Å². The molecule has 0 aliphatic heterocycles. The molecule has 18 heavy (non-hydrogen) atoms. The van der Waals surface area contributed by atoms with Crippen LogP contribution in [0.25, 0.3) is 0 Å². The van der Waals surface area contributed by atoms with Crippen LogP contribution in [-0.2, 0) is 10.1 Å². The molecule has 0 fully saturated rings. The summed E-state index contributed by atoms with van der Waals surface area (Å²) in [7, 11) is -4.68. The normalized spacial score (nSPS) is 12.4. The molecule has 0 heterocycles. The van der Waals surface area contributed by atoms with E-state index in [2.05, 4.69) is 4.99 Å². The van der Waals surface area contributed by atoms with Gasteiger partial charge in [0.25, 0.3) is 5.69 Å². The number of halogens is 1. The zero-order valence-electron chi connectivity index (χ0n) is 8.78. The van der Waals surface area contributed by atoms with E-state index in [1.165, 1.54) is 0 Å². The molecule has 1 rings (SSSR count). The fourth-order valence-corrected chi connectivity index (χ4v) is 1.83. The second-order valence-corrected chi connectivity index (χ2v) is 4.78. The van der Waals surface area contributed by atoms with Crippen molar-refractivity contribution >= 4 is 38.9 Å². The number of aliphatic imine (C=N–C) groups is 1. The fraction of sp³-hybridized carbons (Fsp3) is 0.125. The molecule has 0 aliphatic rings. The van der Waals surface area contributed by atoms with E-state index < -0.39 is 25.6 Å². The third-order valence-electron chi connectivity index (χ3n) is 1.83. The number of amidine groups is 1. The monoisotopic (exact) mass is 293 g/mol. The first-order valence-corrected chi connectivity index (χ1v) is 6.38. The Labute approximate surface area is 107 Å². The summed E-state index contributed by atoms with van der Waals surface area (Å²) < 4.78 is 30.7. The lowest BCUT2D eigenvalue weighted by Crippen LogP contribution is -2.12. The number of hydrogen-bond donors (Lipinski definition) is 2. The van der Waals surface area contributed by atoms with Gasteiger partial charge in [-0.25, -0.2) is 4.99 Å². The van der Waals surface area contributed by atoms with Crippen LogP contribution < -0.4 is 5.73 Å². The summed E-state index contributed by atoms with van der Waals surface area (Å²) in [6.07, 6.45) is 0. The second-order valence-electron chi connectivity index (χ2n) is 3.12. The molecule has 10 heteroatoms. The van der Waals surface area contributed by atoms with Crippen LogP contribution in [0.2, 0.25) is 0 Å². The predicted octanol–water partition coefficient (Wildman–Crippen LogP) is 1.07. The molecule has 3 N–H and O–H groups in total. The van der Waals surface area contributed by atoms with E-state index in [1.807, 2.05) is 0 Å². The summed E-state index contributed by atoms with van der Waals surface area (Å²) >= 11 is 5.38. The fourth-order valence-electron chi connectivity index (χ4n) is 1.13. The van der Waals surface area contributed by atoms with Crippen molar-refractivity contribution in [3.63, 3.8) is 0 Å². The molecule has 98 valence electrons. The SMILES string of the molecule is NC(CCl)=Nc1ccc(S(=O)(=O)O)c([N+](=O)[O-])c1. The molecular weight excluding hydrogens is 286 g/mol. The molecule has 0 radical (unpaired) electrons. The molecule has 0 unspecified atom stereocenters. The molecule has 8 nitrogen and oxygen atoms in total. The van der Waals surface area contributed by atoms with Crippen molar-refractivity contribution in [2.24, 2.45) is 10.7 Å². The highest BCUT2D eigenvalue weighted by Gasteiger charge is 2.24. The van der Waals surface area contributed by atoms with Gasteiger partial charge in [0.05, 0.1) is 16.5 Å². The molecule has 0 amide bonds. The van der Waals surface area contributed by atoms with Gasteiger partial charge in [-0.2, -0.15) is 8.42 Å². The number of rotatable bonds is 4. The van der Waals surface area contributed by atoms with Crippen molar-refractivity contribution in [1.29, 1.82) is 0 Å². The van der Waals surface area contributed by atoms with E-state index in [9.17, 15) is 18.5 Å². The van der Waals surface area contributed by atoms with Crippen LogP contribution in [-0.4, -0.2) is 29.6 Å². The van der Waals surface area contributed by atoms with Gasteiger partial charge in [0.1, 0.15) is 5.84 Å². The van der Waals surface area contributed by atoms with Gasteiger partial charge in [-0.05, 0) is 12.1 Å². The van der Waals surface area contributed by atoms with E-state index in [4.69, 9.17) is 21.9 Å². The Morgan fingerprint density at radius 3 is 2.61 bits per heavy atom. The van der Waals surface area contributed by atoms with Crippen molar-refractivity contribution in [2.45, 2.75) is 4.90 Å². The summed E-state index contributed by atoms with van der Waals surface area (Å²) in [6.45, 7) is 0. The predicted molar refractivity (Wildman–Crippen MR) is 64.9 cm³/mol. The molecule has 0 spiro atoms. The number of nitrogens with zero attached hydrogens (tertiary/aromatic N) is 2. The molecule has 1 aromatic rings. The van der Waals surface area contributed by atoms with E-state index in [0.717, 1.165) is 18.2 Å². The summed E-state index contributed by atoms with van der Waals surface area (Å²) in [5.41, 5.74) is 4.61. The number of nitro benzene ring substituents is 1. The summed E-state index contributed by atoms with van der Waals surface area (Å²) in [4.78, 5) is 12.7. The van der Waals surface area contributed by atoms with E-state index in [-0.39, 0.29) is 17.4 Å². The maximum Gasteiger partial charge on any atom is 0.301 e. The van der Waals surface area contributed by atoms with Crippen LogP contribution >= 0.6 is 11.6 Å². The maximum atomic E-state index is 10.9. The minimum atomic E-state index is -4.68. The van der Waals surface area contributed by atoms with Crippen LogP contribution in [0.4, 0.5) is 11.4 Å². The van der Waals surface area contributed by atoms with E-state index in [0.29, 0.717) is 0 Å². The molecule has 0 saturated carbocycles. The Kier molecular flexibility index (Phi) is 4.22. The number of nitro groups is 1. The number of alkyl halides is 1. The first-order chi connectivity index (χ1) is 8.25. The molecule has 0 bridgehead atoms. The van der Waals surface area contributed by atoms with Gasteiger partial charge < -0.3 is 5.73 Å². The van der Waals surface area contributed by atoms with Crippen LogP contribution in [0, 0.1) is 10.1 Å². The van der Waals surface area contributed by atoms with Gasteiger partial charge in [-0.1, -0.05) is 0 Å². The lowest BCUT2D eigenvalue weighted by atomic mass is 10.3. The molecule has 0 aliphatic carbocycles. The van der Waals surface area contributed by atoms with E-state index in [1.54, 1.807) is 0 Å². The first-order valence-electron chi connectivity index (χ1n) is 4.40. The van der Waals surface area contributed by atoms with Gasteiger partial charge in [0.15, 0.2) is 4.90 Å². The van der Waals surface area contributed by atoms with Crippen molar-refractivity contribution in [1.82, 2.24) is 0 Å². The summed E-state index contributed by atoms with van der Waals surface area (Å²) in [5, 5.41) is 10.7. The highest BCUT2D eigenvalue weighted by atomic mass is 35.5. The van der Waals surface area contributed by atoms with Gasteiger partial charge in [-0.3, -0.25) is 14.7 Å². The van der Waals surface area contributed by atoms with Crippen molar-refractivity contribution < 1.29 is 17.9 Å². The lowest BCUT2D eigenvalue weighted by molar-refractivity contribution is -0.387. The Morgan fingerprint density at radius 1 is 1.56 bits per heavy atom. The highest BCUT2D eigenvalue weighted by molar-refractivity contribution is 7.86. The van der Waals surface area contributed by atoms with Gasteiger partial charge >= 0.3 is 10.1 Å². The van der Waals surface area contributed by atoms with Crippen LogP contribution in [0.5, 0.6) is 0 Å². The van der Waals surface area contributed by atoms with E-state index >= 15 is 0 Å². The topological polar surface area (TPSA) is 136 Å². The molecule has 0 atom stereocenters. The Balaban J connectivity index is 3.42. The second kappa shape index (κ2) is 5.29.